The quantitative estimate of drug-likeness (QED) is 0.660. The highest BCUT2D eigenvalue weighted by atomic mass is 79.9. The summed E-state index contributed by atoms with van der Waals surface area (Å²) in [4.78, 5) is 4.72. The second kappa shape index (κ2) is 5.81. The molecule has 0 spiro atoms. The van der Waals surface area contributed by atoms with Crippen LogP contribution in [0.1, 0.15) is 17.1 Å². The molecule has 110 valence electrons. The van der Waals surface area contributed by atoms with Gasteiger partial charge in [-0.1, -0.05) is 28.1 Å². The molecule has 0 radical (unpaired) electrons. The molecule has 0 saturated carbocycles. The fraction of sp³-hybridized carbons (Fsp3) is 0.333. The first-order valence-corrected chi connectivity index (χ1v) is 8.12. The molecule has 3 rings (SSSR count). The van der Waals surface area contributed by atoms with E-state index in [1.54, 1.807) is 0 Å². The van der Waals surface area contributed by atoms with Crippen LogP contribution in [0.3, 0.4) is 0 Å². The minimum absolute atomic E-state index is 0.566. The van der Waals surface area contributed by atoms with Gasteiger partial charge in [0.2, 0.25) is 0 Å². The third kappa shape index (κ3) is 2.72. The van der Waals surface area contributed by atoms with E-state index in [0.29, 0.717) is 5.88 Å². The van der Waals surface area contributed by atoms with E-state index in [0.717, 1.165) is 40.1 Å². The smallest absolute Gasteiger partial charge is 0.158 e. The molecule has 1 aromatic carbocycles. The Balaban J connectivity index is 2.10. The van der Waals surface area contributed by atoms with Crippen LogP contribution >= 0.6 is 27.5 Å². The maximum Gasteiger partial charge on any atom is 0.158 e. The summed E-state index contributed by atoms with van der Waals surface area (Å²) in [7, 11) is 1.96. The summed E-state index contributed by atoms with van der Waals surface area (Å²) in [6.45, 7) is 2.76. The van der Waals surface area contributed by atoms with Crippen LogP contribution in [0.2, 0.25) is 0 Å². The minimum atomic E-state index is 0.566. The lowest BCUT2D eigenvalue weighted by Crippen LogP contribution is -2.09. The summed E-state index contributed by atoms with van der Waals surface area (Å²) in [5, 5.41) is 4.46. The van der Waals surface area contributed by atoms with Crippen LogP contribution in [-0.4, -0.2) is 25.2 Å². The van der Waals surface area contributed by atoms with Crippen LogP contribution in [-0.2, 0) is 20.0 Å². The topological polar surface area (TPSA) is 35.6 Å². The molecule has 0 aliphatic rings. The average molecular weight is 368 g/mol. The number of hydrogen-bond acceptors (Lipinski definition) is 2. The van der Waals surface area contributed by atoms with Crippen LogP contribution in [0.25, 0.3) is 11.2 Å². The third-order valence-electron chi connectivity index (χ3n) is 3.54. The highest BCUT2D eigenvalue weighted by molar-refractivity contribution is 9.10. The lowest BCUT2D eigenvalue weighted by Gasteiger charge is -2.09. The summed E-state index contributed by atoms with van der Waals surface area (Å²) < 4.78 is 5.19. The summed E-state index contributed by atoms with van der Waals surface area (Å²) >= 11 is 9.39. The van der Waals surface area contributed by atoms with Crippen LogP contribution in [0, 0.1) is 6.92 Å². The number of fused-ring (bicyclic) bond motifs is 1. The van der Waals surface area contributed by atoms with Crippen molar-refractivity contribution in [1.29, 1.82) is 0 Å². The molecule has 0 aliphatic carbocycles. The Hall–Kier alpha value is -1.33. The summed E-state index contributed by atoms with van der Waals surface area (Å²) in [5.74, 6) is 1.58. The third-order valence-corrected chi connectivity index (χ3v) is 4.26. The predicted octanol–water partition coefficient (Wildman–Crippen LogP) is 3.67. The maximum atomic E-state index is 5.92. The van der Waals surface area contributed by atoms with Gasteiger partial charge in [-0.05, 0) is 24.6 Å². The molecule has 0 amide bonds. The van der Waals surface area contributed by atoms with E-state index in [4.69, 9.17) is 16.6 Å². The van der Waals surface area contributed by atoms with Crippen LogP contribution < -0.4 is 0 Å². The molecular weight excluding hydrogens is 352 g/mol. The zero-order chi connectivity index (χ0) is 15.0. The number of hydrogen-bond donors (Lipinski definition) is 0. The van der Waals surface area contributed by atoms with Crippen LogP contribution in [0.15, 0.2) is 28.7 Å². The molecule has 0 aliphatic heterocycles. The molecule has 4 nitrogen and oxygen atoms in total. The number of alkyl halides is 1. The molecule has 0 atom stereocenters. The predicted molar refractivity (Wildman–Crippen MR) is 88.9 cm³/mol. The van der Waals surface area contributed by atoms with E-state index in [1.807, 2.05) is 18.7 Å². The molecule has 0 unspecified atom stereocenters. The molecule has 21 heavy (non-hydrogen) atoms. The first kappa shape index (κ1) is 14.6. The first-order valence-electron chi connectivity index (χ1n) is 6.79. The van der Waals surface area contributed by atoms with Gasteiger partial charge in [-0.3, -0.25) is 4.68 Å². The van der Waals surface area contributed by atoms with Gasteiger partial charge in [-0.15, -0.1) is 11.6 Å². The maximum absolute atomic E-state index is 5.92. The molecule has 6 heteroatoms. The number of aromatic nitrogens is 4. The highest BCUT2D eigenvalue weighted by Crippen LogP contribution is 2.21. The van der Waals surface area contributed by atoms with E-state index < -0.39 is 0 Å². The largest absolute Gasteiger partial charge is 0.308 e. The molecule has 2 heterocycles. The summed E-state index contributed by atoms with van der Waals surface area (Å²) in [6, 6.07) is 8.34. The van der Waals surface area contributed by atoms with E-state index in [2.05, 4.69) is 49.9 Å². The Morgan fingerprint density at radius 3 is 2.62 bits per heavy atom. The van der Waals surface area contributed by atoms with Gasteiger partial charge in [0.1, 0.15) is 11.3 Å². The van der Waals surface area contributed by atoms with Gasteiger partial charge in [-0.25, -0.2) is 4.98 Å². The van der Waals surface area contributed by atoms with Crippen molar-refractivity contribution in [2.75, 3.05) is 5.88 Å². The van der Waals surface area contributed by atoms with E-state index in [1.165, 1.54) is 5.56 Å². The molecule has 0 fully saturated rings. The lowest BCUT2D eigenvalue weighted by molar-refractivity contribution is 0.692. The Kier molecular flexibility index (Phi) is 4.04. The van der Waals surface area contributed by atoms with Gasteiger partial charge in [0.25, 0.3) is 0 Å². The fourth-order valence-electron chi connectivity index (χ4n) is 2.59. The average Bonchev–Trinajstić information content (AvgIpc) is 2.93. The monoisotopic (exact) mass is 366 g/mol. The second-order valence-electron chi connectivity index (χ2n) is 5.06. The Morgan fingerprint density at radius 1 is 1.24 bits per heavy atom. The van der Waals surface area contributed by atoms with Gasteiger partial charge >= 0.3 is 0 Å². The summed E-state index contributed by atoms with van der Waals surface area (Å²) in [6.07, 6.45) is 0.756. The van der Waals surface area contributed by atoms with E-state index in [-0.39, 0.29) is 0 Å². The minimum Gasteiger partial charge on any atom is -0.308 e. The normalized spacial score (nSPS) is 11.4. The van der Waals surface area contributed by atoms with Gasteiger partial charge in [0.15, 0.2) is 5.65 Å². The van der Waals surface area contributed by atoms with Crippen molar-refractivity contribution in [3.63, 3.8) is 0 Å². The fourth-order valence-corrected chi connectivity index (χ4v) is 3.03. The molecule has 0 bridgehead atoms. The molecular formula is C15H16BrClN4. The number of aryl methyl sites for hydroxylation is 3. The molecule has 0 N–H and O–H groups in total. The van der Waals surface area contributed by atoms with Crippen molar-refractivity contribution < 1.29 is 0 Å². The zero-order valence-electron chi connectivity index (χ0n) is 12.0. The van der Waals surface area contributed by atoms with Crippen molar-refractivity contribution in [3.05, 3.63) is 45.8 Å². The van der Waals surface area contributed by atoms with Gasteiger partial charge in [-0.2, -0.15) is 5.10 Å². The van der Waals surface area contributed by atoms with Crippen LogP contribution in [0.4, 0.5) is 0 Å². The first-order chi connectivity index (χ1) is 10.1. The number of rotatable bonds is 4. The molecule has 0 saturated heterocycles. The Morgan fingerprint density at radius 2 is 1.95 bits per heavy atom. The van der Waals surface area contributed by atoms with Crippen molar-refractivity contribution in [2.45, 2.75) is 19.9 Å². The van der Waals surface area contributed by atoms with E-state index >= 15 is 0 Å². The van der Waals surface area contributed by atoms with Crippen molar-refractivity contribution in [1.82, 2.24) is 19.3 Å². The Bertz CT molecular complexity index is 773. The number of imidazole rings is 1. The van der Waals surface area contributed by atoms with Gasteiger partial charge in [0.05, 0.1) is 12.2 Å². The van der Waals surface area contributed by atoms with Crippen molar-refractivity contribution in [3.8, 4) is 0 Å². The number of halogens is 2. The summed E-state index contributed by atoms with van der Waals surface area (Å²) in [5.41, 5.74) is 4.20. The van der Waals surface area contributed by atoms with Crippen molar-refractivity contribution in [2.24, 2.45) is 7.05 Å². The second-order valence-corrected chi connectivity index (χ2v) is 6.35. The zero-order valence-corrected chi connectivity index (χ0v) is 14.3. The Labute approximate surface area is 136 Å². The number of benzene rings is 1. The molecule has 2 aromatic heterocycles. The highest BCUT2D eigenvalue weighted by Gasteiger charge is 2.17. The van der Waals surface area contributed by atoms with Crippen LogP contribution in [0.5, 0.6) is 0 Å². The van der Waals surface area contributed by atoms with E-state index in [9.17, 15) is 0 Å². The van der Waals surface area contributed by atoms with Gasteiger partial charge in [0, 0.05) is 23.8 Å². The SMILES string of the molecule is Cc1nn(C)c2c1nc(CCCl)n2Cc1ccc(Br)cc1. The standard InChI is InChI=1S/C15H16BrClN4/c1-10-14-15(20(2)19-10)21(13(18-14)7-8-17)9-11-3-5-12(16)6-4-11/h3-6H,7-9H2,1-2H3. The van der Waals surface area contributed by atoms with Crippen molar-refractivity contribution >= 4 is 38.7 Å². The lowest BCUT2D eigenvalue weighted by atomic mass is 10.2. The number of nitrogens with zero attached hydrogens (tertiary/aromatic N) is 4. The van der Waals surface area contributed by atoms with Gasteiger partial charge < -0.3 is 4.57 Å². The molecule has 3 aromatic rings.